The lowest BCUT2D eigenvalue weighted by Crippen LogP contribution is -2.38. The van der Waals surface area contributed by atoms with E-state index in [1.54, 1.807) is 20.4 Å². The molecule has 8 heteroatoms. The van der Waals surface area contributed by atoms with Gasteiger partial charge in [0, 0.05) is 24.7 Å². The molecule has 1 unspecified atom stereocenters. The summed E-state index contributed by atoms with van der Waals surface area (Å²) in [7, 11) is 3.32. The van der Waals surface area contributed by atoms with Crippen LogP contribution in [0, 0.1) is 0 Å². The van der Waals surface area contributed by atoms with Crippen molar-refractivity contribution in [3.05, 3.63) is 29.7 Å². The van der Waals surface area contributed by atoms with E-state index in [1.165, 1.54) is 4.80 Å². The van der Waals surface area contributed by atoms with Crippen LogP contribution in [0.4, 0.5) is 0 Å². The number of hydrogen-bond donors (Lipinski definition) is 2. The summed E-state index contributed by atoms with van der Waals surface area (Å²) in [4.78, 5) is 5.59. The normalized spacial score (nSPS) is 12.4. The highest BCUT2D eigenvalue weighted by Gasteiger charge is 2.12. The Bertz CT molecular complexity index is 510. The van der Waals surface area contributed by atoms with Crippen LogP contribution in [0.3, 0.4) is 0 Å². The van der Waals surface area contributed by atoms with Gasteiger partial charge in [0.2, 0.25) is 5.88 Å². The fraction of sp³-hybridized carbons (Fsp3) is 0.455. The molecule has 0 fully saturated rings. The lowest BCUT2D eigenvalue weighted by molar-refractivity contribution is 0.397. The monoisotopic (exact) mass is 263 g/mol. The number of hydrazine groups is 1. The lowest BCUT2D eigenvalue weighted by Gasteiger charge is -2.13. The van der Waals surface area contributed by atoms with Gasteiger partial charge in [-0.25, -0.2) is 4.98 Å². The SMILES string of the molecule is COc1ccc(CC(Cc2nnn(C)n2)NN)cn1. The lowest BCUT2D eigenvalue weighted by atomic mass is 10.1. The Morgan fingerprint density at radius 1 is 1.42 bits per heavy atom. The zero-order valence-corrected chi connectivity index (χ0v) is 10.9. The van der Waals surface area contributed by atoms with Crippen molar-refractivity contribution in [2.45, 2.75) is 18.9 Å². The summed E-state index contributed by atoms with van der Waals surface area (Å²) in [5.41, 5.74) is 3.82. The number of nitrogens with zero attached hydrogens (tertiary/aromatic N) is 5. The van der Waals surface area contributed by atoms with Gasteiger partial charge in [0.25, 0.3) is 0 Å². The standard InChI is InChI=1S/C11H17N7O/c1-18-16-10(15-17-18)6-9(14-12)5-8-3-4-11(19-2)13-7-8/h3-4,7,9,14H,5-6,12H2,1-2H3. The average Bonchev–Trinajstić information content (AvgIpc) is 2.84. The molecular weight excluding hydrogens is 246 g/mol. The predicted molar refractivity (Wildman–Crippen MR) is 68.1 cm³/mol. The zero-order valence-electron chi connectivity index (χ0n) is 10.9. The summed E-state index contributed by atoms with van der Waals surface area (Å²) in [5, 5.41) is 11.9. The fourth-order valence-corrected chi connectivity index (χ4v) is 1.75. The van der Waals surface area contributed by atoms with Crippen LogP contribution in [0.2, 0.25) is 0 Å². The van der Waals surface area contributed by atoms with Crippen LogP contribution >= 0.6 is 0 Å². The topological polar surface area (TPSA) is 104 Å². The Hall–Kier alpha value is -2.06. The van der Waals surface area contributed by atoms with Crippen molar-refractivity contribution in [1.29, 1.82) is 0 Å². The van der Waals surface area contributed by atoms with Crippen LogP contribution in [-0.2, 0) is 19.9 Å². The van der Waals surface area contributed by atoms with Gasteiger partial charge in [0.1, 0.15) is 0 Å². The average molecular weight is 263 g/mol. The number of aryl methyl sites for hydroxylation is 1. The second-order valence-electron chi connectivity index (χ2n) is 4.18. The van der Waals surface area contributed by atoms with E-state index in [4.69, 9.17) is 10.6 Å². The van der Waals surface area contributed by atoms with Gasteiger partial charge in [-0.05, 0) is 17.2 Å². The third kappa shape index (κ3) is 3.70. The first-order valence-corrected chi connectivity index (χ1v) is 5.89. The number of nitrogens with two attached hydrogens (primary N) is 1. The van der Waals surface area contributed by atoms with E-state index in [1.807, 2.05) is 12.1 Å². The first-order valence-electron chi connectivity index (χ1n) is 5.89. The molecule has 2 aromatic heterocycles. The maximum absolute atomic E-state index is 5.55. The Kier molecular flexibility index (Phi) is 4.37. The van der Waals surface area contributed by atoms with Gasteiger partial charge in [-0.15, -0.1) is 10.2 Å². The van der Waals surface area contributed by atoms with E-state index in [0.717, 1.165) is 12.0 Å². The summed E-state index contributed by atoms with van der Waals surface area (Å²) in [6.07, 6.45) is 3.11. The van der Waals surface area contributed by atoms with Gasteiger partial charge in [-0.1, -0.05) is 6.07 Å². The van der Waals surface area contributed by atoms with E-state index in [9.17, 15) is 0 Å². The molecular formula is C11H17N7O. The predicted octanol–water partition coefficient (Wildman–Crippen LogP) is -0.769. The van der Waals surface area contributed by atoms with Gasteiger partial charge in [0.05, 0.1) is 14.2 Å². The van der Waals surface area contributed by atoms with Crippen molar-refractivity contribution in [3.63, 3.8) is 0 Å². The van der Waals surface area contributed by atoms with Crippen LogP contribution in [-0.4, -0.2) is 38.3 Å². The summed E-state index contributed by atoms with van der Waals surface area (Å²) in [5.74, 6) is 6.81. The summed E-state index contributed by atoms with van der Waals surface area (Å²) < 4.78 is 5.02. The molecule has 0 saturated heterocycles. The van der Waals surface area contributed by atoms with Crippen LogP contribution in [0.5, 0.6) is 5.88 Å². The minimum Gasteiger partial charge on any atom is -0.481 e. The number of tetrazole rings is 1. The molecule has 102 valence electrons. The quantitative estimate of drug-likeness (QED) is 0.521. The Labute approximate surface area is 110 Å². The van der Waals surface area contributed by atoms with E-state index in [2.05, 4.69) is 25.8 Å². The molecule has 0 spiro atoms. The third-order valence-corrected chi connectivity index (χ3v) is 2.70. The van der Waals surface area contributed by atoms with Gasteiger partial charge < -0.3 is 4.74 Å². The second-order valence-corrected chi connectivity index (χ2v) is 4.18. The molecule has 0 radical (unpaired) electrons. The third-order valence-electron chi connectivity index (χ3n) is 2.70. The van der Waals surface area contributed by atoms with Crippen molar-refractivity contribution in [2.24, 2.45) is 12.9 Å². The van der Waals surface area contributed by atoms with Crippen LogP contribution in [0.25, 0.3) is 0 Å². The largest absolute Gasteiger partial charge is 0.481 e. The van der Waals surface area contributed by atoms with Crippen molar-refractivity contribution < 1.29 is 4.74 Å². The first kappa shape index (κ1) is 13.4. The first-order chi connectivity index (χ1) is 9.21. The summed E-state index contributed by atoms with van der Waals surface area (Å²) in [6.45, 7) is 0. The minimum atomic E-state index is 0.0272. The number of aromatic nitrogens is 5. The molecule has 2 aromatic rings. The number of methoxy groups -OCH3 is 1. The maximum atomic E-state index is 5.55. The molecule has 8 nitrogen and oxygen atoms in total. The molecule has 19 heavy (non-hydrogen) atoms. The fourth-order valence-electron chi connectivity index (χ4n) is 1.75. The van der Waals surface area contributed by atoms with E-state index in [-0.39, 0.29) is 6.04 Å². The summed E-state index contributed by atoms with van der Waals surface area (Å²) >= 11 is 0. The van der Waals surface area contributed by atoms with Gasteiger partial charge >= 0.3 is 0 Å². The van der Waals surface area contributed by atoms with Crippen molar-refractivity contribution in [1.82, 2.24) is 30.6 Å². The van der Waals surface area contributed by atoms with Crippen LogP contribution in [0.1, 0.15) is 11.4 Å². The van der Waals surface area contributed by atoms with Crippen LogP contribution in [0.15, 0.2) is 18.3 Å². The maximum Gasteiger partial charge on any atom is 0.212 e. The van der Waals surface area contributed by atoms with Crippen molar-refractivity contribution in [2.75, 3.05) is 7.11 Å². The van der Waals surface area contributed by atoms with Gasteiger partial charge in [-0.2, -0.15) is 4.80 Å². The number of ether oxygens (including phenoxy) is 1. The smallest absolute Gasteiger partial charge is 0.212 e. The zero-order chi connectivity index (χ0) is 13.7. The molecule has 0 aromatic carbocycles. The molecule has 2 heterocycles. The Morgan fingerprint density at radius 2 is 2.26 bits per heavy atom. The van der Waals surface area contributed by atoms with Crippen LogP contribution < -0.4 is 16.0 Å². The molecule has 1 atom stereocenters. The summed E-state index contributed by atoms with van der Waals surface area (Å²) in [6, 6.07) is 3.81. The highest BCUT2D eigenvalue weighted by Crippen LogP contribution is 2.09. The van der Waals surface area contributed by atoms with Gasteiger partial charge in [-0.3, -0.25) is 11.3 Å². The van der Waals surface area contributed by atoms with E-state index in [0.29, 0.717) is 18.1 Å². The number of nitrogens with one attached hydrogen (secondary N) is 1. The second kappa shape index (κ2) is 6.21. The van der Waals surface area contributed by atoms with Crippen molar-refractivity contribution >= 4 is 0 Å². The molecule has 0 aliphatic rings. The molecule has 0 amide bonds. The molecule has 0 aliphatic heterocycles. The molecule has 0 saturated carbocycles. The number of rotatable bonds is 6. The highest BCUT2D eigenvalue weighted by atomic mass is 16.5. The Morgan fingerprint density at radius 3 is 2.79 bits per heavy atom. The minimum absolute atomic E-state index is 0.0272. The molecule has 2 rings (SSSR count). The van der Waals surface area contributed by atoms with Gasteiger partial charge in [0.15, 0.2) is 5.82 Å². The molecule has 0 bridgehead atoms. The Balaban J connectivity index is 1.97. The molecule has 0 aliphatic carbocycles. The van der Waals surface area contributed by atoms with E-state index < -0.39 is 0 Å². The highest BCUT2D eigenvalue weighted by molar-refractivity contribution is 5.18. The number of hydrogen-bond acceptors (Lipinski definition) is 7. The van der Waals surface area contributed by atoms with E-state index >= 15 is 0 Å². The molecule has 3 N–H and O–H groups in total. The van der Waals surface area contributed by atoms with Crippen molar-refractivity contribution in [3.8, 4) is 5.88 Å². The number of pyridine rings is 1.